The maximum atomic E-state index is 3.45. The Balaban J connectivity index is 1.85. The van der Waals surface area contributed by atoms with Crippen LogP contribution >= 0.6 is 0 Å². The van der Waals surface area contributed by atoms with Gasteiger partial charge in [-0.3, -0.25) is 0 Å². The second-order valence-electron chi connectivity index (χ2n) is 7.19. The van der Waals surface area contributed by atoms with Crippen LogP contribution in [-0.2, 0) is 6.42 Å². The van der Waals surface area contributed by atoms with E-state index in [2.05, 4.69) is 61.6 Å². The molecule has 0 amide bonds. The summed E-state index contributed by atoms with van der Waals surface area (Å²) in [6, 6.07) is 10.8. The van der Waals surface area contributed by atoms with Gasteiger partial charge in [0.05, 0.1) is 0 Å². The molecular formula is C19H32N2. The first kappa shape index (κ1) is 16.5. The van der Waals surface area contributed by atoms with E-state index in [1.54, 1.807) is 0 Å². The summed E-state index contributed by atoms with van der Waals surface area (Å²) >= 11 is 0. The van der Waals surface area contributed by atoms with Gasteiger partial charge in [0, 0.05) is 19.6 Å². The van der Waals surface area contributed by atoms with Crippen LogP contribution in [0.1, 0.15) is 38.2 Å². The van der Waals surface area contributed by atoms with Crippen molar-refractivity contribution in [2.24, 2.45) is 11.3 Å². The third-order valence-electron chi connectivity index (χ3n) is 5.12. The van der Waals surface area contributed by atoms with Crippen LogP contribution in [0, 0.1) is 11.3 Å². The summed E-state index contributed by atoms with van der Waals surface area (Å²) in [6.07, 6.45) is 6.71. The van der Waals surface area contributed by atoms with Gasteiger partial charge in [-0.05, 0) is 50.3 Å². The molecule has 2 heteroatoms. The summed E-state index contributed by atoms with van der Waals surface area (Å²) in [6.45, 7) is 5.95. The monoisotopic (exact) mass is 288 g/mol. The lowest BCUT2D eigenvalue weighted by molar-refractivity contribution is 0.102. The van der Waals surface area contributed by atoms with Gasteiger partial charge in [-0.2, -0.15) is 0 Å². The highest BCUT2D eigenvalue weighted by Crippen LogP contribution is 2.38. The molecule has 1 saturated carbocycles. The van der Waals surface area contributed by atoms with E-state index in [0.717, 1.165) is 25.4 Å². The van der Waals surface area contributed by atoms with Gasteiger partial charge >= 0.3 is 0 Å². The molecule has 0 aliphatic heterocycles. The zero-order valence-electron chi connectivity index (χ0n) is 14.1. The molecule has 1 N–H and O–H groups in total. The van der Waals surface area contributed by atoms with Crippen LogP contribution in [0.2, 0.25) is 0 Å². The number of hydrogen-bond acceptors (Lipinski definition) is 2. The molecule has 1 aromatic rings. The third-order valence-corrected chi connectivity index (χ3v) is 5.12. The molecule has 0 bridgehead atoms. The number of likely N-dealkylation sites (N-methyl/N-ethyl adjacent to an activating group) is 1. The van der Waals surface area contributed by atoms with Crippen LogP contribution < -0.4 is 5.32 Å². The fourth-order valence-electron chi connectivity index (χ4n) is 3.76. The van der Waals surface area contributed by atoms with Gasteiger partial charge in [-0.15, -0.1) is 0 Å². The first-order chi connectivity index (χ1) is 10.1. The van der Waals surface area contributed by atoms with Crippen molar-refractivity contribution in [3.63, 3.8) is 0 Å². The normalized spacial score (nSPS) is 26.2. The fraction of sp³-hybridized carbons (Fsp3) is 0.684. The summed E-state index contributed by atoms with van der Waals surface area (Å²) in [5.41, 5.74) is 1.94. The van der Waals surface area contributed by atoms with Crippen LogP contribution in [0.15, 0.2) is 30.3 Å². The highest BCUT2D eigenvalue weighted by molar-refractivity contribution is 5.14. The molecule has 0 aromatic heterocycles. The van der Waals surface area contributed by atoms with E-state index < -0.39 is 0 Å². The zero-order chi connectivity index (χ0) is 15.1. The number of hydrogen-bond donors (Lipinski definition) is 1. The minimum Gasteiger partial charge on any atom is -0.319 e. The van der Waals surface area contributed by atoms with Crippen molar-refractivity contribution in [1.82, 2.24) is 10.2 Å². The molecule has 0 radical (unpaired) electrons. The zero-order valence-corrected chi connectivity index (χ0v) is 14.1. The van der Waals surface area contributed by atoms with Gasteiger partial charge in [0.2, 0.25) is 0 Å². The summed E-state index contributed by atoms with van der Waals surface area (Å²) in [7, 11) is 4.39. The van der Waals surface area contributed by atoms with E-state index in [4.69, 9.17) is 0 Å². The highest BCUT2D eigenvalue weighted by atomic mass is 15.1. The molecule has 0 saturated heterocycles. The van der Waals surface area contributed by atoms with Crippen LogP contribution in [0.4, 0.5) is 0 Å². The van der Waals surface area contributed by atoms with E-state index in [1.165, 1.54) is 37.8 Å². The molecule has 1 aliphatic rings. The predicted molar refractivity (Wildman–Crippen MR) is 91.6 cm³/mol. The Morgan fingerprint density at radius 2 is 1.86 bits per heavy atom. The lowest BCUT2D eigenvalue weighted by atomic mass is 9.70. The Morgan fingerprint density at radius 1 is 1.19 bits per heavy atom. The van der Waals surface area contributed by atoms with E-state index >= 15 is 0 Å². The molecular weight excluding hydrogens is 256 g/mol. The van der Waals surface area contributed by atoms with Crippen LogP contribution in [0.5, 0.6) is 0 Å². The summed E-state index contributed by atoms with van der Waals surface area (Å²) in [5, 5.41) is 3.45. The molecule has 1 fully saturated rings. The maximum Gasteiger partial charge on any atom is 0.00472 e. The Hall–Kier alpha value is -0.860. The van der Waals surface area contributed by atoms with Gasteiger partial charge < -0.3 is 10.2 Å². The number of benzene rings is 1. The minimum absolute atomic E-state index is 0.493. The Labute approximate surface area is 130 Å². The Morgan fingerprint density at radius 3 is 2.48 bits per heavy atom. The topological polar surface area (TPSA) is 15.3 Å². The van der Waals surface area contributed by atoms with Crippen LogP contribution in [0.3, 0.4) is 0 Å². The predicted octanol–water partition coefficient (Wildman–Crippen LogP) is 3.58. The average molecular weight is 288 g/mol. The minimum atomic E-state index is 0.493. The molecule has 1 aliphatic carbocycles. The largest absolute Gasteiger partial charge is 0.319 e. The maximum absolute atomic E-state index is 3.45. The van der Waals surface area contributed by atoms with Crippen LogP contribution in [0.25, 0.3) is 0 Å². The smallest absolute Gasteiger partial charge is 0.00472 e. The standard InChI is InChI=1S/C19H32N2/c1-17-9-12-19(13-10-17,15-20-2)16-21(3)14-11-18-7-5-4-6-8-18/h4-8,17,20H,9-16H2,1-3H3. The van der Waals surface area contributed by atoms with Gasteiger partial charge in [0.1, 0.15) is 0 Å². The molecule has 2 rings (SSSR count). The first-order valence-electron chi connectivity index (χ1n) is 8.51. The molecule has 0 spiro atoms. The second-order valence-corrected chi connectivity index (χ2v) is 7.19. The van der Waals surface area contributed by atoms with Crippen molar-refractivity contribution >= 4 is 0 Å². The van der Waals surface area contributed by atoms with Crippen molar-refractivity contribution < 1.29 is 0 Å². The number of rotatable bonds is 7. The molecule has 2 nitrogen and oxygen atoms in total. The van der Waals surface area contributed by atoms with Gasteiger partial charge in [0.15, 0.2) is 0 Å². The van der Waals surface area contributed by atoms with Gasteiger partial charge in [-0.25, -0.2) is 0 Å². The molecule has 0 atom stereocenters. The quantitative estimate of drug-likeness (QED) is 0.825. The van der Waals surface area contributed by atoms with E-state index in [9.17, 15) is 0 Å². The van der Waals surface area contributed by atoms with Crippen molar-refractivity contribution in [3.05, 3.63) is 35.9 Å². The Kier molecular flexibility index (Phi) is 6.25. The van der Waals surface area contributed by atoms with Crippen molar-refractivity contribution in [2.45, 2.75) is 39.0 Å². The average Bonchev–Trinajstić information content (AvgIpc) is 2.50. The SMILES string of the molecule is CNCC1(CN(C)CCc2ccccc2)CCC(C)CC1. The molecule has 0 unspecified atom stereocenters. The van der Waals surface area contributed by atoms with E-state index in [-0.39, 0.29) is 0 Å². The molecule has 21 heavy (non-hydrogen) atoms. The van der Waals surface area contributed by atoms with Crippen molar-refractivity contribution in [3.8, 4) is 0 Å². The Bertz CT molecular complexity index is 393. The summed E-state index contributed by atoms with van der Waals surface area (Å²) in [5.74, 6) is 0.921. The van der Waals surface area contributed by atoms with Gasteiger partial charge in [0.25, 0.3) is 0 Å². The molecule has 1 aromatic carbocycles. The second kappa shape index (κ2) is 7.95. The number of nitrogens with one attached hydrogen (secondary N) is 1. The molecule has 118 valence electrons. The van der Waals surface area contributed by atoms with Gasteiger partial charge in [-0.1, -0.05) is 50.1 Å². The number of nitrogens with zero attached hydrogens (tertiary/aromatic N) is 1. The van der Waals surface area contributed by atoms with E-state index in [1.807, 2.05) is 0 Å². The lowest BCUT2D eigenvalue weighted by Crippen LogP contribution is -2.44. The van der Waals surface area contributed by atoms with Crippen molar-refractivity contribution in [2.75, 3.05) is 33.7 Å². The summed E-state index contributed by atoms with van der Waals surface area (Å²) in [4.78, 5) is 2.54. The van der Waals surface area contributed by atoms with Crippen LogP contribution in [-0.4, -0.2) is 38.6 Å². The van der Waals surface area contributed by atoms with Crippen molar-refractivity contribution in [1.29, 1.82) is 0 Å². The fourth-order valence-corrected chi connectivity index (χ4v) is 3.76. The molecule has 0 heterocycles. The highest BCUT2D eigenvalue weighted by Gasteiger charge is 2.34. The summed E-state index contributed by atoms with van der Waals surface area (Å²) < 4.78 is 0. The lowest BCUT2D eigenvalue weighted by Gasteiger charge is -2.42. The van der Waals surface area contributed by atoms with E-state index in [0.29, 0.717) is 5.41 Å². The first-order valence-corrected chi connectivity index (χ1v) is 8.51. The third kappa shape index (κ3) is 5.12.